The average Bonchev–Trinajstić information content (AvgIpc) is 2.39. The Bertz CT molecular complexity index is 358. The Kier molecular flexibility index (Phi) is 2.83. The van der Waals surface area contributed by atoms with Gasteiger partial charge in [0.2, 0.25) is 0 Å². The molecule has 1 unspecified atom stereocenters. The molecule has 0 spiro atoms. The first-order valence-electron chi connectivity index (χ1n) is 6.38. The van der Waals surface area contributed by atoms with E-state index in [2.05, 4.69) is 29.2 Å². The zero-order valence-electron chi connectivity index (χ0n) is 9.69. The third-order valence-corrected chi connectivity index (χ3v) is 3.77. The average molecular weight is 217 g/mol. The number of rotatable bonds is 1. The molecule has 2 nitrogen and oxygen atoms in total. The summed E-state index contributed by atoms with van der Waals surface area (Å²) in [5.41, 5.74) is 1.38. The number of likely N-dealkylation sites (tertiary alicyclic amines) is 1. The van der Waals surface area contributed by atoms with Crippen LogP contribution in [0.25, 0.3) is 0 Å². The van der Waals surface area contributed by atoms with Gasteiger partial charge in [0.05, 0.1) is 0 Å². The zero-order valence-corrected chi connectivity index (χ0v) is 9.69. The second-order valence-corrected chi connectivity index (χ2v) is 4.87. The molecule has 0 bridgehead atoms. The summed E-state index contributed by atoms with van der Waals surface area (Å²) in [6, 6.07) is 9.06. The lowest BCUT2D eigenvalue weighted by Crippen LogP contribution is -2.45. The molecule has 1 saturated heterocycles. The van der Waals surface area contributed by atoms with E-state index < -0.39 is 0 Å². The lowest BCUT2D eigenvalue weighted by atomic mass is 9.99. The minimum absolute atomic E-state index is 0.607. The van der Waals surface area contributed by atoms with E-state index in [0.29, 0.717) is 6.04 Å². The van der Waals surface area contributed by atoms with Gasteiger partial charge in [-0.25, -0.2) is 0 Å². The first kappa shape index (κ1) is 10.2. The van der Waals surface area contributed by atoms with Crippen LogP contribution in [-0.4, -0.2) is 30.6 Å². The van der Waals surface area contributed by atoms with Gasteiger partial charge in [-0.3, -0.25) is 4.90 Å². The Balaban J connectivity index is 1.72. The smallest absolute Gasteiger partial charge is 0.122 e. The molecular formula is C14H19NO. The van der Waals surface area contributed by atoms with E-state index in [1.807, 2.05) is 0 Å². The summed E-state index contributed by atoms with van der Waals surface area (Å²) in [5, 5.41) is 0. The molecule has 16 heavy (non-hydrogen) atoms. The van der Waals surface area contributed by atoms with Crippen molar-refractivity contribution in [1.82, 2.24) is 4.90 Å². The summed E-state index contributed by atoms with van der Waals surface area (Å²) in [4.78, 5) is 2.61. The molecule has 0 radical (unpaired) electrons. The van der Waals surface area contributed by atoms with Gasteiger partial charge in [-0.1, -0.05) is 24.6 Å². The van der Waals surface area contributed by atoms with Crippen LogP contribution < -0.4 is 4.74 Å². The molecule has 1 aromatic carbocycles. The quantitative estimate of drug-likeness (QED) is 0.716. The maximum absolute atomic E-state index is 5.85. The van der Waals surface area contributed by atoms with Crippen molar-refractivity contribution in [3.63, 3.8) is 0 Å². The molecule has 1 atom stereocenters. The Morgan fingerprint density at radius 2 is 1.88 bits per heavy atom. The fourth-order valence-electron chi connectivity index (χ4n) is 2.83. The normalized spacial score (nSPS) is 25.9. The van der Waals surface area contributed by atoms with Crippen LogP contribution in [0.3, 0.4) is 0 Å². The third kappa shape index (κ3) is 1.94. The predicted molar refractivity (Wildman–Crippen MR) is 64.9 cm³/mol. The molecule has 2 aliphatic rings. The monoisotopic (exact) mass is 217 g/mol. The second-order valence-electron chi connectivity index (χ2n) is 4.87. The highest BCUT2D eigenvalue weighted by Crippen LogP contribution is 2.27. The molecule has 1 aromatic rings. The van der Waals surface area contributed by atoms with Crippen LogP contribution in [0.5, 0.6) is 5.75 Å². The molecule has 0 aliphatic carbocycles. The Morgan fingerprint density at radius 3 is 2.75 bits per heavy atom. The van der Waals surface area contributed by atoms with Crippen molar-refractivity contribution in [1.29, 1.82) is 0 Å². The molecule has 2 heteroatoms. The number of fused-ring (bicyclic) bond motifs is 1. The van der Waals surface area contributed by atoms with E-state index in [0.717, 1.165) is 18.8 Å². The molecule has 1 fully saturated rings. The maximum atomic E-state index is 5.85. The van der Waals surface area contributed by atoms with Crippen LogP contribution in [0.2, 0.25) is 0 Å². The number of ether oxygens (including phenoxy) is 1. The molecule has 0 N–H and O–H groups in total. The summed E-state index contributed by atoms with van der Waals surface area (Å²) in [5.74, 6) is 1.09. The first-order chi connectivity index (χ1) is 7.93. The molecule has 0 amide bonds. The molecule has 0 aromatic heterocycles. The maximum Gasteiger partial charge on any atom is 0.122 e. The Labute approximate surface area is 97.2 Å². The van der Waals surface area contributed by atoms with Gasteiger partial charge in [0, 0.05) is 6.04 Å². The number of piperidine rings is 1. The number of nitrogens with zero attached hydrogens (tertiary/aromatic N) is 1. The topological polar surface area (TPSA) is 12.5 Å². The molecule has 2 aliphatic heterocycles. The number of hydrogen-bond acceptors (Lipinski definition) is 2. The van der Waals surface area contributed by atoms with Crippen LogP contribution in [0.15, 0.2) is 24.3 Å². The Morgan fingerprint density at radius 1 is 1.06 bits per heavy atom. The van der Waals surface area contributed by atoms with Crippen molar-refractivity contribution >= 4 is 0 Å². The summed E-state index contributed by atoms with van der Waals surface area (Å²) in [7, 11) is 0. The van der Waals surface area contributed by atoms with E-state index in [1.165, 1.54) is 37.9 Å². The van der Waals surface area contributed by atoms with Crippen LogP contribution in [-0.2, 0) is 6.42 Å². The third-order valence-electron chi connectivity index (χ3n) is 3.77. The standard InChI is InChI=1S/C14H19NO/c1-4-8-15(9-5-1)13-10-12-6-2-3-7-14(12)16-11-13/h2-3,6-7,13H,1,4-5,8-11H2. The lowest BCUT2D eigenvalue weighted by molar-refractivity contribution is 0.101. The first-order valence-corrected chi connectivity index (χ1v) is 6.38. The fraction of sp³-hybridized carbons (Fsp3) is 0.571. The summed E-state index contributed by atoms with van der Waals surface area (Å²) < 4.78 is 5.85. The van der Waals surface area contributed by atoms with Gasteiger partial charge in [0.15, 0.2) is 0 Å². The largest absolute Gasteiger partial charge is 0.492 e. The van der Waals surface area contributed by atoms with Crippen molar-refractivity contribution in [3.05, 3.63) is 29.8 Å². The minimum atomic E-state index is 0.607. The van der Waals surface area contributed by atoms with Crippen molar-refractivity contribution in [2.45, 2.75) is 31.7 Å². The van der Waals surface area contributed by atoms with E-state index in [-0.39, 0.29) is 0 Å². The van der Waals surface area contributed by atoms with Gasteiger partial charge >= 0.3 is 0 Å². The van der Waals surface area contributed by atoms with Gasteiger partial charge in [-0.15, -0.1) is 0 Å². The van der Waals surface area contributed by atoms with E-state index >= 15 is 0 Å². The van der Waals surface area contributed by atoms with E-state index in [4.69, 9.17) is 4.74 Å². The lowest BCUT2D eigenvalue weighted by Gasteiger charge is -2.37. The number of para-hydroxylation sites is 1. The summed E-state index contributed by atoms with van der Waals surface area (Å²) in [6.07, 6.45) is 5.28. The Hall–Kier alpha value is -1.02. The highest BCUT2D eigenvalue weighted by atomic mass is 16.5. The predicted octanol–water partition coefficient (Wildman–Crippen LogP) is 2.48. The molecule has 3 rings (SSSR count). The van der Waals surface area contributed by atoms with Gasteiger partial charge in [-0.2, -0.15) is 0 Å². The highest BCUT2D eigenvalue weighted by molar-refractivity contribution is 5.35. The molecule has 2 heterocycles. The van der Waals surface area contributed by atoms with Crippen molar-refractivity contribution in [3.8, 4) is 5.75 Å². The van der Waals surface area contributed by atoms with Crippen LogP contribution in [0, 0.1) is 0 Å². The second kappa shape index (κ2) is 4.46. The van der Waals surface area contributed by atoms with Gasteiger partial charge in [-0.05, 0) is 44.0 Å². The van der Waals surface area contributed by atoms with Gasteiger partial charge < -0.3 is 4.74 Å². The zero-order chi connectivity index (χ0) is 10.8. The summed E-state index contributed by atoms with van der Waals surface area (Å²) in [6.45, 7) is 3.39. The van der Waals surface area contributed by atoms with Gasteiger partial charge in [0.25, 0.3) is 0 Å². The van der Waals surface area contributed by atoms with Crippen molar-refractivity contribution < 1.29 is 4.74 Å². The highest BCUT2D eigenvalue weighted by Gasteiger charge is 2.25. The number of benzene rings is 1. The number of hydrogen-bond donors (Lipinski definition) is 0. The fourth-order valence-corrected chi connectivity index (χ4v) is 2.83. The van der Waals surface area contributed by atoms with Crippen LogP contribution in [0.1, 0.15) is 24.8 Å². The minimum Gasteiger partial charge on any atom is -0.492 e. The summed E-state index contributed by atoms with van der Waals surface area (Å²) >= 11 is 0. The molecular weight excluding hydrogens is 198 g/mol. The van der Waals surface area contributed by atoms with Gasteiger partial charge in [0.1, 0.15) is 12.4 Å². The van der Waals surface area contributed by atoms with Crippen LogP contribution in [0.4, 0.5) is 0 Å². The van der Waals surface area contributed by atoms with Crippen molar-refractivity contribution in [2.75, 3.05) is 19.7 Å². The van der Waals surface area contributed by atoms with Crippen LogP contribution >= 0.6 is 0 Å². The molecule has 86 valence electrons. The molecule has 0 saturated carbocycles. The van der Waals surface area contributed by atoms with E-state index in [1.54, 1.807) is 0 Å². The SMILES string of the molecule is c1ccc2c(c1)CC(N1CCCCC1)CO2. The van der Waals surface area contributed by atoms with Crippen molar-refractivity contribution in [2.24, 2.45) is 0 Å². The van der Waals surface area contributed by atoms with E-state index in [9.17, 15) is 0 Å².